The molecule has 2 aliphatic rings. The molecule has 25 heavy (non-hydrogen) atoms. The van der Waals surface area contributed by atoms with E-state index in [-0.39, 0.29) is 23.4 Å². The van der Waals surface area contributed by atoms with Crippen LogP contribution in [0.1, 0.15) is 59.8 Å². The molecule has 0 aromatic rings. The fourth-order valence-electron chi connectivity index (χ4n) is 3.57. The lowest BCUT2D eigenvalue weighted by Gasteiger charge is -2.36. The van der Waals surface area contributed by atoms with Crippen molar-refractivity contribution < 1.29 is 14.3 Å². The lowest BCUT2D eigenvalue weighted by molar-refractivity contribution is -0.134. The minimum absolute atomic E-state index is 0.0400. The van der Waals surface area contributed by atoms with Gasteiger partial charge in [-0.2, -0.15) is 0 Å². The van der Waals surface area contributed by atoms with Gasteiger partial charge in [0.15, 0.2) is 0 Å². The normalized spacial score (nSPS) is 30.2. The molecule has 1 fully saturated rings. The van der Waals surface area contributed by atoms with Crippen LogP contribution in [0.2, 0.25) is 0 Å². The Kier molecular flexibility index (Phi) is 5.99. The van der Waals surface area contributed by atoms with Gasteiger partial charge in [-0.25, -0.2) is 0 Å². The van der Waals surface area contributed by atoms with Crippen molar-refractivity contribution in [2.45, 2.75) is 59.8 Å². The zero-order valence-electron chi connectivity index (χ0n) is 15.8. The van der Waals surface area contributed by atoms with Gasteiger partial charge in [-0.15, -0.1) is 0 Å². The first-order valence-corrected chi connectivity index (χ1v) is 8.90. The summed E-state index contributed by atoms with van der Waals surface area (Å²) in [7, 11) is 0. The second kappa shape index (κ2) is 7.81. The monoisotopic (exact) mass is 340 g/mol. The van der Waals surface area contributed by atoms with Gasteiger partial charge in [0.1, 0.15) is 5.76 Å². The van der Waals surface area contributed by atoms with Crippen molar-refractivity contribution in [2.75, 3.05) is 0 Å². The third kappa shape index (κ3) is 4.28. The Morgan fingerprint density at radius 1 is 1.20 bits per heavy atom. The lowest BCUT2D eigenvalue weighted by Crippen LogP contribution is -2.25. The molecule has 3 nitrogen and oxygen atoms in total. The van der Waals surface area contributed by atoms with Crippen LogP contribution < -0.4 is 0 Å². The molecule has 0 amide bonds. The summed E-state index contributed by atoms with van der Waals surface area (Å²) in [5.41, 5.74) is 3.42. The molecule has 1 aliphatic heterocycles. The summed E-state index contributed by atoms with van der Waals surface area (Å²) in [6.07, 6.45) is 10.5. The van der Waals surface area contributed by atoms with Gasteiger partial charge >= 0.3 is 0 Å². The van der Waals surface area contributed by atoms with E-state index in [4.69, 9.17) is 4.74 Å². The van der Waals surface area contributed by atoms with E-state index < -0.39 is 0 Å². The Balaban J connectivity index is 2.63. The largest absolute Gasteiger partial charge is 0.469 e. The molecule has 0 spiro atoms. The Hall–Kier alpha value is -2.16. The molecule has 0 aromatic heterocycles. The molecule has 1 saturated carbocycles. The third-order valence-corrected chi connectivity index (χ3v) is 4.98. The molecule has 0 saturated heterocycles. The summed E-state index contributed by atoms with van der Waals surface area (Å²) in [5.74, 6) is -0.0370. The molecule has 134 valence electrons. The van der Waals surface area contributed by atoms with Crippen molar-refractivity contribution in [3.63, 3.8) is 0 Å². The van der Waals surface area contributed by atoms with Gasteiger partial charge in [0.05, 0.1) is 6.26 Å². The standard InChI is InChI=1S/C22H28O3/c1-6-9-19-17(10-8-11-22(19,4)5)18-13-16(7-2)25-14-15(3)12-20(23)21(18)24/h6-7,9,14H,1,8,10-13H2,2-5H3/b15-14-,16-7+,18-17+,19-9?. The summed E-state index contributed by atoms with van der Waals surface area (Å²) in [5, 5.41) is 0. The predicted octanol–water partition coefficient (Wildman–Crippen LogP) is 5.36. The fraction of sp³-hybridized carbons (Fsp3) is 0.455. The fourth-order valence-corrected chi connectivity index (χ4v) is 3.57. The van der Waals surface area contributed by atoms with E-state index in [0.717, 1.165) is 36.0 Å². The third-order valence-electron chi connectivity index (χ3n) is 4.98. The number of Topliss-reactive ketones (excluding diaryl/α,β-unsaturated/α-hetero) is 2. The molecule has 0 unspecified atom stereocenters. The van der Waals surface area contributed by atoms with Gasteiger partial charge in [-0.05, 0) is 61.3 Å². The maximum atomic E-state index is 12.9. The van der Waals surface area contributed by atoms with Crippen molar-refractivity contribution in [1.29, 1.82) is 0 Å². The summed E-state index contributed by atoms with van der Waals surface area (Å²) in [6, 6.07) is 0. The predicted molar refractivity (Wildman–Crippen MR) is 101 cm³/mol. The van der Waals surface area contributed by atoms with Crippen molar-refractivity contribution in [1.82, 2.24) is 0 Å². The maximum Gasteiger partial charge on any atom is 0.225 e. The average molecular weight is 340 g/mol. The van der Waals surface area contributed by atoms with Gasteiger partial charge in [-0.3, -0.25) is 9.59 Å². The van der Waals surface area contributed by atoms with E-state index in [0.29, 0.717) is 17.8 Å². The van der Waals surface area contributed by atoms with Crippen molar-refractivity contribution in [2.24, 2.45) is 5.41 Å². The van der Waals surface area contributed by atoms with Crippen LogP contribution in [0.15, 0.2) is 59.1 Å². The molecule has 0 aromatic carbocycles. The molecule has 1 heterocycles. The summed E-state index contributed by atoms with van der Waals surface area (Å²) < 4.78 is 5.71. The molecule has 0 bridgehead atoms. The number of ether oxygens (including phenoxy) is 1. The van der Waals surface area contributed by atoms with E-state index in [2.05, 4.69) is 20.4 Å². The number of hydrogen-bond acceptors (Lipinski definition) is 3. The lowest BCUT2D eigenvalue weighted by atomic mass is 9.68. The van der Waals surface area contributed by atoms with Crippen molar-refractivity contribution in [3.05, 3.63) is 59.1 Å². The Morgan fingerprint density at radius 2 is 1.92 bits per heavy atom. The number of hydrogen-bond donors (Lipinski definition) is 0. The molecule has 0 N–H and O–H groups in total. The van der Waals surface area contributed by atoms with E-state index in [1.54, 1.807) is 12.3 Å². The topological polar surface area (TPSA) is 43.4 Å². The van der Waals surface area contributed by atoms with Gasteiger partial charge in [0, 0.05) is 18.4 Å². The van der Waals surface area contributed by atoms with Crippen LogP contribution in [0.5, 0.6) is 0 Å². The van der Waals surface area contributed by atoms with Gasteiger partial charge in [0.25, 0.3) is 0 Å². The highest BCUT2D eigenvalue weighted by Gasteiger charge is 2.34. The van der Waals surface area contributed by atoms with Gasteiger partial charge in [0.2, 0.25) is 11.6 Å². The average Bonchev–Trinajstić information content (AvgIpc) is 2.60. The van der Waals surface area contributed by atoms with Crippen LogP contribution in [-0.4, -0.2) is 11.6 Å². The molecule has 0 atom stereocenters. The van der Waals surface area contributed by atoms with E-state index in [1.165, 1.54) is 0 Å². The second-order valence-electron chi connectivity index (χ2n) is 7.45. The molecule has 3 heteroatoms. The van der Waals surface area contributed by atoms with Crippen molar-refractivity contribution in [3.8, 4) is 0 Å². The van der Waals surface area contributed by atoms with Crippen LogP contribution >= 0.6 is 0 Å². The SMILES string of the molecule is C=CC=C1/C(=C2\C/C(=C\C)O/C=C(/C)CC(=O)C2=O)CCCC1(C)C. The van der Waals surface area contributed by atoms with E-state index >= 15 is 0 Å². The number of ketones is 2. The number of allylic oxidation sites excluding steroid dienone is 7. The molecule has 0 radical (unpaired) electrons. The Morgan fingerprint density at radius 3 is 2.56 bits per heavy atom. The summed E-state index contributed by atoms with van der Waals surface area (Å²) >= 11 is 0. The van der Waals surface area contributed by atoms with Crippen LogP contribution in [0.4, 0.5) is 0 Å². The van der Waals surface area contributed by atoms with Crippen LogP contribution in [0.3, 0.4) is 0 Å². The maximum absolute atomic E-state index is 12.9. The highest BCUT2D eigenvalue weighted by molar-refractivity contribution is 6.44. The molecule has 2 rings (SSSR count). The zero-order chi connectivity index (χ0) is 18.6. The Labute approximate surface area is 150 Å². The Bertz CT molecular complexity index is 712. The van der Waals surface area contributed by atoms with Crippen molar-refractivity contribution >= 4 is 11.6 Å². The highest BCUT2D eigenvalue weighted by Crippen LogP contribution is 2.45. The van der Waals surface area contributed by atoms with Crippen LogP contribution in [0, 0.1) is 5.41 Å². The minimum Gasteiger partial charge on any atom is -0.469 e. The van der Waals surface area contributed by atoms with Crippen LogP contribution in [0.25, 0.3) is 0 Å². The minimum atomic E-state index is -0.375. The van der Waals surface area contributed by atoms with Gasteiger partial charge < -0.3 is 4.74 Å². The number of carbonyl (C=O) groups is 2. The number of rotatable bonds is 1. The second-order valence-corrected chi connectivity index (χ2v) is 7.45. The molecule has 1 aliphatic carbocycles. The first-order valence-electron chi connectivity index (χ1n) is 8.90. The molecular formula is C22H28O3. The van der Waals surface area contributed by atoms with E-state index in [1.807, 2.05) is 26.0 Å². The smallest absolute Gasteiger partial charge is 0.225 e. The number of carbonyl (C=O) groups excluding carboxylic acids is 2. The quantitative estimate of drug-likeness (QED) is 0.476. The molecular weight excluding hydrogens is 312 g/mol. The highest BCUT2D eigenvalue weighted by atomic mass is 16.5. The van der Waals surface area contributed by atoms with Crippen LogP contribution in [-0.2, 0) is 14.3 Å². The zero-order valence-corrected chi connectivity index (χ0v) is 15.8. The summed E-state index contributed by atoms with van der Waals surface area (Å²) in [6.45, 7) is 11.9. The van der Waals surface area contributed by atoms with Gasteiger partial charge in [-0.1, -0.05) is 32.6 Å². The first-order chi connectivity index (χ1) is 11.8. The summed E-state index contributed by atoms with van der Waals surface area (Å²) in [4.78, 5) is 25.4. The first kappa shape index (κ1) is 19.2. The van der Waals surface area contributed by atoms with E-state index in [9.17, 15) is 9.59 Å².